The van der Waals surface area contributed by atoms with Gasteiger partial charge in [-0.3, -0.25) is 9.59 Å². The summed E-state index contributed by atoms with van der Waals surface area (Å²) in [4.78, 5) is 25.2. The highest BCUT2D eigenvalue weighted by Crippen LogP contribution is 2.22. The molecule has 0 spiro atoms. The van der Waals surface area contributed by atoms with Crippen molar-refractivity contribution in [1.82, 2.24) is 5.32 Å². The van der Waals surface area contributed by atoms with Gasteiger partial charge in [-0.15, -0.1) is 0 Å². The van der Waals surface area contributed by atoms with Gasteiger partial charge in [-0.05, 0) is 63.4 Å². The fraction of sp³-hybridized carbons (Fsp3) is 0.364. The number of methoxy groups -OCH3 is 1. The SMILES string of the molecule is COc1cccc(CCNC(=O)C(C)(C)C(=O)Nc2ccc(C)cc2C)c1. The van der Waals surface area contributed by atoms with E-state index in [1.807, 2.05) is 56.3 Å². The molecule has 0 aliphatic rings. The third-order valence-corrected chi connectivity index (χ3v) is 4.60. The summed E-state index contributed by atoms with van der Waals surface area (Å²) in [6, 6.07) is 13.5. The average molecular weight is 368 g/mol. The second kappa shape index (κ2) is 8.71. The molecule has 5 nitrogen and oxygen atoms in total. The van der Waals surface area contributed by atoms with Gasteiger partial charge < -0.3 is 15.4 Å². The Kier molecular flexibility index (Phi) is 6.61. The molecule has 0 saturated heterocycles. The molecule has 2 amide bonds. The Morgan fingerprint density at radius 1 is 1.04 bits per heavy atom. The van der Waals surface area contributed by atoms with Crippen molar-refractivity contribution in [1.29, 1.82) is 0 Å². The molecule has 0 fully saturated rings. The minimum atomic E-state index is -1.17. The van der Waals surface area contributed by atoms with E-state index in [4.69, 9.17) is 4.74 Å². The number of amides is 2. The van der Waals surface area contributed by atoms with Crippen molar-refractivity contribution in [2.75, 3.05) is 19.0 Å². The van der Waals surface area contributed by atoms with Crippen molar-refractivity contribution in [3.05, 3.63) is 59.2 Å². The van der Waals surface area contributed by atoms with Crippen LogP contribution in [0.25, 0.3) is 0 Å². The predicted octanol–water partition coefficient (Wildman–Crippen LogP) is 3.64. The lowest BCUT2D eigenvalue weighted by Gasteiger charge is -2.23. The van der Waals surface area contributed by atoms with Crippen LogP contribution in [0.3, 0.4) is 0 Å². The van der Waals surface area contributed by atoms with Gasteiger partial charge in [-0.25, -0.2) is 0 Å². The molecule has 5 heteroatoms. The molecule has 2 aromatic carbocycles. The maximum Gasteiger partial charge on any atom is 0.239 e. The van der Waals surface area contributed by atoms with Crippen molar-refractivity contribution in [2.24, 2.45) is 5.41 Å². The lowest BCUT2D eigenvalue weighted by Crippen LogP contribution is -2.45. The standard InChI is InChI=1S/C22H28N2O3/c1-15-9-10-19(16(2)13-15)24-21(26)22(3,4)20(25)23-12-11-17-7-6-8-18(14-17)27-5/h6-10,13-14H,11-12H2,1-5H3,(H,23,25)(H,24,26). The zero-order valence-corrected chi connectivity index (χ0v) is 16.7. The third-order valence-electron chi connectivity index (χ3n) is 4.60. The molecule has 27 heavy (non-hydrogen) atoms. The lowest BCUT2D eigenvalue weighted by molar-refractivity contribution is -0.138. The zero-order chi connectivity index (χ0) is 20.0. The Morgan fingerprint density at radius 3 is 2.44 bits per heavy atom. The van der Waals surface area contributed by atoms with Crippen LogP contribution in [0.5, 0.6) is 5.75 Å². The third kappa shape index (κ3) is 5.33. The van der Waals surface area contributed by atoms with Crippen LogP contribution >= 0.6 is 0 Å². The summed E-state index contributed by atoms with van der Waals surface area (Å²) < 4.78 is 5.20. The molecule has 0 radical (unpaired) electrons. The highest BCUT2D eigenvalue weighted by molar-refractivity contribution is 6.10. The van der Waals surface area contributed by atoms with Gasteiger partial charge in [-0.2, -0.15) is 0 Å². The number of anilines is 1. The van der Waals surface area contributed by atoms with Crippen LogP contribution < -0.4 is 15.4 Å². The molecule has 144 valence electrons. The van der Waals surface area contributed by atoms with Gasteiger partial charge in [0.1, 0.15) is 11.2 Å². The molecule has 0 aromatic heterocycles. The first kappa shape index (κ1) is 20.5. The number of benzene rings is 2. The minimum Gasteiger partial charge on any atom is -0.497 e. The van der Waals surface area contributed by atoms with Crippen LogP contribution in [0.2, 0.25) is 0 Å². The Balaban J connectivity index is 1.93. The maximum absolute atomic E-state index is 12.6. The van der Waals surface area contributed by atoms with Crippen molar-refractivity contribution in [3.8, 4) is 5.75 Å². The first-order valence-corrected chi connectivity index (χ1v) is 9.04. The lowest BCUT2D eigenvalue weighted by atomic mass is 9.90. The van der Waals surface area contributed by atoms with Crippen LogP contribution in [0, 0.1) is 19.3 Å². The molecule has 0 unspecified atom stereocenters. The number of nitrogens with one attached hydrogen (secondary N) is 2. The quantitative estimate of drug-likeness (QED) is 0.733. The van der Waals surface area contributed by atoms with Crippen LogP contribution in [0.4, 0.5) is 5.69 Å². The largest absolute Gasteiger partial charge is 0.497 e. The molecule has 0 bridgehead atoms. The second-order valence-corrected chi connectivity index (χ2v) is 7.25. The highest BCUT2D eigenvalue weighted by Gasteiger charge is 2.36. The summed E-state index contributed by atoms with van der Waals surface area (Å²) in [5.41, 5.74) is 2.71. The van der Waals surface area contributed by atoms with E-state index >= 15 is 0 Å². The van der Waals surface area contributed by atoms with E-state index in [0.717, 1.165) is 28.1 Å². The highest BCUT2D eigenvalue weighted by atomic mass is 16.5. The molecular weight excluding hydrogens is 340 g/mol. The van der Waals surface area contributed by atoms with Crippen molar-refractivity contribution in [2.45, 2.75) is 34.1 Å². The average Bonchev–Trinajstić information content (AvgIpc) is 2.63. The maximum atomic E-state index is 12.6. The number of aryl methyl sites for hydroxylation is 2. The molecule has 0 aliphatic carbocycles. The van der Waals surface area contributed by atoms with E-state index < -0.39 is 5.41 Å². The van der Waals surface area contributed by atoms with E-state index in [1.165, 1.54) is 0 Å². The molecular formula is C22H28N2O3. The number of hydrogen-bond donors (Lipinski definition) is 2. The first-order chi connectivity index (χ1) is 12.7. The zero-order valence-electron chi connectivity index (χ0n) is 16.7. The summed E-state index contributed by atoms with van der Waals surface area (Å²) >= 11 is 0. The fourth-order valence-corrected chi connectivity index (χ4v) is 2.70. The number of carbonyl (C=O) groups is 2. The number of ether oxygens (including phenoxy) is 1. The molecule has 0 saturated carbocycles. The number of rotatable bonds is 7. The van der Waals surface area contributed by atoms with Gasteiger partial charge in [0, 0.05) is 12.2 Å². The topological polar surface area (TPSA) is 67.4 Å². The Morgan fingerprint density at radius 2 is 1.78 bits per heavy atom. The van der Waals surface area contributed by atoms with E-state index in [9.17, 15) is 9.59 Å². The van der Waals surface area contributed by atoms with Crippen LogP contribution in [0.15, 0.2) is 42.5 Å². The normalized spacial score (nSPS) is 11.0. The number of carbonyl (C=O) groups excluding carboxylic acids is 2. The van der Waals surface area contributed by atoms with Gasteiger partial charge in [0.05, 0.1) is 7.11 Å². The van der Waals surface area contributed by atoms with Crippen LogP contribution in [0.1, 0.15) is 30.5 Å². The van der Waals surface area contributed by atoms with Crippen molar-refractivity contribution < 1.29 is 14.3 Å². The van der Waals surface area contributed by atoms with E-state index in [2.05, 4.69) is 10.6 Å². The minimum absolute atomic E-state index is 0.298. The molecule has 2 rings (SSSR count). The molecule has 2 aromatic rings. The van der Waals surface area contributed by atoms with E-state index in [1.54, 1.807) is 21.0 Å². The smallest absolute Gasteiger partial charge is 0.239 e. The van der Waals surface area contributed by atoms with Gasteiger partial charge >= 0.3 is 0 Å². The van der Waals surface area contributed by atoms with Gasteiger partial charge in [0.15, 0.2) is 0 Å². The number of hydrogen-bond acceptors (Lipinski definition) is 3. The Bertz CT molecular complexity index is 828. The fourth-order valence-electron chi connectivity index (χ4n) is 2.70. The molecule has 0 heterocycles. The van der Waals surface area contributed by atoms with Crippen molar-refractivity contribution >= 4 is 17.5 Å². The van der Waals surface area contributed by atoms with Gasteiger partial charge in [0.25, 0.3) is 0 Å². The van der Waals surface area contributed by atoms with E-state index in [-0.39, 0.29) is 11.8 Å². The summed E-state index contributed by atoms with van der Waals surface area (Å²) in [7, 11) is 1.62. The molecule has 2 N–H and O–H groups in total. The summed E-state index contributed by atoms with van der Waals surface area (Å²) in [6.07, 6.45) is 0.664. The summed E-state index contributed by atoms with van der Waals surface area (Å²) in [6.45, 7) is 7.65. The van der Waals surface area contributed by atoms with Crippen LogP contribution in [-0.2, 0) is 16.0 Å². The molecule has 0 aliphatic heterocycles. The Labute approximate surface area is 161 Å². The van der Waals surface area contributed by atoms with Crippen LogP contribution in [-0.4, -0.2) is 25.5 Å². The molecule has 0 atom stereocenters. The van der Waals surface area contributed by atoms with Gasteiger partial charge in [0.2, 0.25) is 11.8 Å². The second-order valence-electron chi connectivity index (χ2n) is 7.25. The predicted molar refractivity (Wildman–Crippen MR) is 108 cm³/mol. The monoisotopic (exact) mass is 368 g/mol. The van der Waals surface area contributed by atoms with Gasteiger partial charge in [-0.1, -0.05) is 29.8 Å². The summed E-state index contributed by atoms with van der Waals surface area (Å²) in [5, 5.41) is 5.72. The Hall–Kier alpha value is -2.82. The van der Waals surface area contributed by atoms with E-state index in [0.29, 0.717) is 13.0 Å². The first-order valence-electron chi connectivity index (χ1n) is 9.04. The van der Waals surface area contributed by atoms with Crippen molar-refractivity contribution in [3.63, 3.8) is 0 Å². The summed E-state index contributed by atoms with van der Waals surface area (Å²) in [5.74, 6) is 0.160.